The smallest absolute Gasteiger partial charge is 0.377 e. The minimum Gasteiger partial charge on any atom is -0.478 e. The second kappa shape index (κ2) is 4.84. The van der Waals surface area contributed by atoms with Gasteiger partial charge >= 0.3 is 11.9 Å². The Bertz CT molecular complexity index is 653. The van der Waals surface area contributed by atoms with Crippen molar-refractivity contribution in [2.24, 2.45) is 0 Å². The first-order valence-electron chi connectivity index (χ1n) is 5.06. The molecular formula is C11H8FN3O4. The van der Waals surface area contributed by atoms with E-state index < -0.39 is 17.8 Å². The van der Waals surface area contributed by atoms with Crippen molar-refractivity contribution in [3.8, 4) is 5.69 Å². The fraction of sp³-hybridized carbons (Fsp3) is 0.0909. The molecule has 19 heavy (non-hydrogen) atoms. The number of hydrogen-bond acceptors (Lipinski definition) is 5. The summed E-state index contributed by atoms with van der Waals surface area (Å²) >= 11 is 0. The van der Waals surface area contributed by atoms with E-state index in [1.807, 2.05) is 0 Å². The number of carboxylic acid groups (broad SMARTS) is 1. The van der Waals surface area contributed by atoms with E-state index >= 15 is 0 Å². The number of carbonyl (C=O) groups is 2. The van der Waals surface area contributed by atoms with Gasteiger partial charge in [-0.3, -0.25) is 0 Å². The fourth-order valence-electron chi connectivity index (χ4n) is 1.39. The van der Waals surface area contributed by atoms with Crippen LogP contribution in [0.2, 0.25) is 0 Å². The highest BCUT2D eigenvalue weighted by molar-refractivity contribution is 5.88. The minimum atomic E-state index is -1.24. The average Bonchev–Trinajstić information content (AvgIpc) is 2.87. The number of ether oxygens (including phenoxy) is 1. The molecule has 0 saturated carbocycles. The molecule has 1 aromatic carbocycles. The summed E-state index contributed by atoms with van der Waals surface area (Å²) in [4.78, 5) is 25.5. The van der Waals surface area contributed by atoms with Crippen LogP contribution < -0.4 is 0 Å². The van der Waals surface area contributed by atoms with E-state index in [-0.39, 0.29) is 17.1 Å². The molecule has 0 amide bonds. The highest BCUT2D eigenvalue weighted by Gasteiger charge is 2.15. The van der Waals surface area contributed by atoms with Gasteiger partial charge in [-0.2, -0.15) is 0 Å². The number of benzene rings is 1. The van der Waals surface area contributed by atoms with Gasteiger partial charge in [-0.05, 0) is 18.2 Å². The number of carbonyl (C=O) groups excluding carboxylic acids is 1. The van der Waals surface area contributed by atoms with Gasteiger partial charge in [0.05, 0.1) is 12.7 Å². The number of halogens is 1. The molecule has 98 valence electrons. The van der Waals surface area contributed by atoms with Crippen molar-refractivity contribution >= 4 is 11.9 Å². The van der Waals surface area contributed by atoms with Crippen molar-refractivity contribution in [2.75, 3.05) is 7.11 Å². The van der Waals surface area contributed by atoms with Crippen LogP contribution in [0.1, 0.15) is 21.0 Å². The molecule has 2 aromatic rings. The molecule has 2 rings (SSSR count). The quantitative estimate of drug-likeness (QED) is 0.828. The number of nitrogens with zero attached hydrogens (tertiary/aromatic N) is 3. The van der Waals surface area contributed by atoms with Gasteiger partial charge in [-0.25, -0.2) is 23.6 Å². The van der Waals surface area contributed by atoms with Crippen molar-refractivity contribution in [1.29, 1.82) is 0 Å². The van der Waals surface area contributed by atoms with Crippen LogP contribution in [0.5, 0.6) is 0 Å². The zero-order chi connectivity index (χ0) is 14.0. The van der Waals surface area contributed by atoms with Gasteiger partial charge in [0.1, 0.15) is 17.8 Å². The molecule has 0 atom stereocenters. The predicted octanol–water partition coefficient (Wildman–Crippen LogP) is 0.891. The van der Waals surface area contributed by atoms with Crippen LogP contribution in [0.3, 0.4) is 0 Å². The lowest BCUT2D eigenvalue weighted by atomic mass is 10.2. The summed E-state index contributed by atoms with van der Waals surface area (Å²) in [5, 5.41) is 12.4. The van der Waals surface area contributed by atoms with E-state index in [0.29, 0.717) is 0 Å². The van der Waals surface area contributed by atoms with Gasteiger partial charge in [-0.1, -0.05) is 0 Å². The Labute approximate surface area is 106 Å². The number of carboxylic acids is 1. The number of aromatic nitrogens is 3. The van der Waals surface area contributed by atoms with Crippen molar-refractivity contribution in [2.45, 2.75) is 0 Å². The Morgan fingerprint density at radius 3 is 2.74 bits per heavy atom. The molecule has 0 spiro atoms. The third kappa shape index (κ3) is 2.41. The number of rotatable bonds is 3. The lowest BCUT2D eigenvalue weighted by Crippen LogP contribution is -2.06. The average molecular weight is 265 g/mol. The van der Waals surface area contributed by atoms with Crippen molar-refractivity contribution in [3.05, 3.63) is 41.7 Å². The Kier molecular flexibility index (Phi) is 3.23. The van der Waals surface area contributed by atoms with E-state index in [2.05, 4.69) is 14.8 Å². The number of esters is 1. The lowest BCUT2D eigenvalue weighted by Gasteiger charge is -2.03. The first-order chi connectivity index (χ1) is 9.02. The number of methoxy groups -OCH3 is 1. The van der Waals surface area contributed by atoms with Gasteiger partial charge in [0.25, 0.3) is 5.82 Å². The molecule has 0 aliphatic rings. The molecule has 0 bridgehead atoms. The molecule has 1 heterocycles. The summed E-state index contributed by atoms with van der Waals surface area (Å²) in [7, 11) is 1.17. The molecule has 7 nitrogen and oxygen atoms in total. The van der Waals surface area contributed by atoms with E-state index in [9.17, 15) is 14.0 Å². The normalized spacial score (nSPS) is 10.2. The van der Waals surface area contributed by atoms with Gasteiger partial charge < -0.3 is 9.84 Å². The van der Waals surface area contributed by atoms with Crippen LogP contribution in [-0.2, 0) is 4.74 Å². The largest absolute Gasteiger partial charge is 0.478 e. The maximum Gasteiger partial charge on any atom is 0.377 e. The van der Waals surface area contributed by atoms with E-state index in [1.54, 1.807) is 0 Å². The topological polar surface area (TPSA) is 94.3 Å². The molecule has 1 N–H and O–H groups in total. The highest BCUT2D eigenvalue weighted by Crippen LogP contribution is 2.14. The van der Waals surface area contributed by atoms with Crippen LogP contribution in [0.4, 0.5) is 4.39 Å². The number of aromatic carboxylic acids is 1. The van der Waals surface area contributed by atoms with Gasteiger partial charge in [0.15, 0.2) is 0 Å². The first kappa shape index (κ1) is 12.7. The predicted molar refractivity (Wildman–Crippen MR) is 59.6 cm³/mol. The van der Waals surface area contributed by atoms with E-state index in [4.69, 9.17) is 5.11 Å². The molecule has 0 aliphatic carbocycles. The lowest BCUT2D eigenvalue weighted by molar-refractivity contribution is 0.0586. The second-order valence-corrected chi connectivity index (χ2v) is 3.48. The van der Waals surface area contributed by atoms with Crippen LogP contribution in [0.15, 0.2) is 24.5 Å². The fourth-order valence-corrected chi connectivity index (χ4v) is 1.39. The Hall–Kier alpha value is -2.77. The molecule has 0 saturated heterocycles. The number of hydrogen-bond donors (Lipinski definition) is 1. The summed E-state index contributed by atoms with van der Waals surface area (Å²) in [6.07, 6.45) is 1.13. The first-order valence-corrected chi connectivity index (χ1v) is 5.06. The second-order valence-electron chi connectivity index (χ2n) is 3.48. The minimum absolute atomic E-state index is 0.0207. The van der Waals surface area contributed by atoms with Crippen LogP contribution >= 0.6 is 0 Å². The van der Waals surface area contributed by atoms with Crippen molar-refractivity contribution < 1.29 is 23.8 Å². The maximum absolute atomic E-state index is 13.7. The van der Waals surface area contributed by atoms with Crippen LogP contribution in [0, 0.1) is 5.82 Å². The Balaban J connectivity index is 2.39. The molecule has 8 heteroatoms. The van der Waals surface area contributed by atoms with E-state index in [0.717, 1.165) is 17.1 Å². The standard InChI is InChI=1S/C11H8FN3O4/c1-19-11(18)9-13-5-15(14-9)8-3-2-6(10(16)17)4-7(8)12/h2-5H,1H3,(H,16,17). The highest BCUT2D eigenvalue weighted by atomic mass is 19.1. The zero-order valence-electron chi connectivity index (χ0n) is 9.70. The Morgan fingerprint density at radius 1 is 1.42 bits per heavy atom. The van der Waals surface area contributed by atoms with Crippen molar-refractivity contribution in [1.82, 2.24) is 14.8 Å². The monoisotopic (exact) mass is 265 g/mol. The summed E-state index contributed by atoms with van der Waals surface area (Å²) in [5.74, 6) is -2.99. The molecule has 0 radical (unpaired) electrons. The van der Waals surface area contributed by atoms with Crippen LogP contribution in [0.25, 0.3) is 5.69 Å². The summed E-state index contributed by atoms with van der Waals surface area (Å²) in [5.41, 5.74) is -0.206. The molecule has 1 aromatic heterocycles. The van der Waals surface area contributed by atoms with Gasteiger partial charge in [-0.15, -0.1) is 5.10 Å². The summed E-state index contributed by atoms with van der Waals surface area (Å²) < 4.78 is 19.2. The SMILES string of the molecule is COC(=O)c1ncn(-c2ccc(C(=O)O)cc2F)n1. The zero-order valence-corrected chi connectivity index (χ0v) is 9.70. The molecular weight excluding hydrogens is 257 g/mol. The van der Waals surface area contributed by atoms with Crippen molar-refractivity contribution in [3.63, 3.8) is 0 Å². The third-order valence-electron chi connectivity index (χ3n) is 2.30. The van der Waals surface area contributed by atoms with Crippen LogP contribution in [-0.4, -0.2) is 38.9 Å². The maximum atomic E-state index is 13.7. The van der Waals surface area contributed by atoms with Gasteiger partial charge in [0.2, 0.25) is 0 Å². The third-order valence-corrected chi connectivity index (χ3v) is 2.30. The molecule has 0 fully saturated rings. The molecule has 0 aliphatic heterocycles. The van der Waals surface area contributed by atoms with Gasteiger partial charge in [0, 0.05) is 0 Å². The Morgan fingerprint density at radius 2 is 2.16 bits per heavy atom. The van der Waals surface area contributed by atoms with E-state index in [1.165, 1.54) is 19.2 Å². The molecule has 0 unspecified atom stereocenters. The summed E-state index contributed by atoms with van der Waals surface area (Å²) in [6.45, 7) is 0. The summed E-state index contributed by atoms with van der Waals surface area (Å²) in [6, 6.07) is 3.31.